The van der Waals surface area contributed by atoms with E-state index in [9.17, 15) is 0 Å². The van der Waals surface area contributed by atoms with Crippen molar-refractivity contribution in [2.75, 3.05) is 24.2 Å². The van der Waals surface area contributed by atoms with Crippen LogP contribution in [-0.4, -0.2) is 13.6 Å². The topological polar surface area (TPSA) is 53.0 Å². The van der Waals surface area contributed by atoms with Crippen molar-refractivity contribution < 1.29 is 0 Å². The zero-order chi connectivity index (χ0) is 14.4. The molecule has 3 nitrogen and oxygen atoms in total. The highest BCUT2D eigenvalue weighted by atomic mass is 15.1. The highest BCUT2D eigenvalue weighted by Crippen LogP contribution is 2.23. The van der Waals surface area contributed by atoms with Crippen LogP contribution in [-0.2, 0) is 6.42 Å². The lowest BCUT2D eigenvalue weighted by atomic mass is 10.1. The Morgan fingerprint density at radius 2 is 1.90 bits per heavy atom. The maximum absolute atomic E-state index is 8.95. The molecule has 0 saturated heterocycles. The van der Waals surface area contributed by atoms with Gasteiger partial charge < -0.3 is 10.6 Å². The molecule has 3 heteroatoms. The van der Waals surface area contributed by atoms with Crippen molar-refractivity contribution in [3.8, 4) is 6.07 Å². The van der Waals surface area contributed by atoms with Crippen LogP contribution in [0, 0.1) is 11.3 Å². The Balaban J connectivity index is 1.95. The first-order valence-electron chi connectivity index (χ1n) is 6.75. The van der Waals surface area contributed by atoms with Gasteiger partial charge in [0.05, 0.1) is 23.0 Å². The van der Waals surface area contributed by atoms with Crippen LogP contribution in [0.3, 0.4) is 0 Å². The number of anilines is 2. The van der Waals surface area contributed by atoms with Gasteiger partial charge in [0, 0.05) is 13.6 Å². The highest BCUT2D eigenvalue weighted by Gasteiger charge is 2.06. The maximum Gasteiger partial charge on any atom is 0.0992 e. The molecule has 0 unspecified atom stereocenters. The summed E-state index contributed by atoms with van der Waals surface area (Å²) < 4.78 is 0. The van der Waals surface area contributed by atoms with Gasteiger partial charge >= 0.3 is 0 Å². The van der Waals surface area contributed by atoms with Crippen molar-refractivity contribution in [2.45, 2.75) is 12.8 Å². The van der Waals surface area contributed by atoms with Crippen LogP contribution >= 0.6 is 0 Å². The Kier molecular flexibility index (Phi) is 4.62. The van der Waals surface area contributed by atoms with Gasteiger partial charge in [-0.05, 0) is 36.6 Å². The highest BCUT2D eigenvalue weighted by molar-refractivity contribution is 5.69. The van der Waals surface area contributed by atoms with Crippen LogP contribution in [0.15, 0.2) is 48.5 Å². The first-order valence-corrected chi connectivity index (χ1v) is 6.75. The van der Waals surface area contributed by atoms with E-state index in [0.717, 1.165) is 25.1 Å². The zero-order valence-corrected chi connectivity index (χ0v) is 11.7. The lowest BCUT2D eigenvalue weighted by Crippen LogP contribution is -2.20. The first-order chi connectivity index (χ1) is 9.70. The molecule has 2 aromatic rings. The molecule has 0 fully saturated rings. The van der Waals surface area contributed by atoms with Crippen LogP contribution in [0.2, 0.25) is 0 Å². The van der Waals surface area contributed by atoms with Crippen LogP contribution in [0.4, 0.5) is 11.4 Å². The Labute approximate surface area is 120 Å². The van der Waals surface area contributed by atoms with E-state index in [2.05, 4.69) is 35.2 Å². The van der Waals surface area contributed by atoms with E-state index in [4.69, 9.17) is 11.0 Å². The molecule has 0 saturated carbocycles. The minimum absolute atomic E-state index is 0.643. The van der Waals surface area contributed by atoms with Crippen molar-refractivity contribution in [3.05, 3.63) is 59.7 Å². The molecule has 0 spiro atoms. The molecule has 0 bridgehead atoms. The predicted molar refractivity (Wildman–Crippen MR) is 83.6 cm³/mol. The minimum atomic E-state index is 0.643. The summed E-state index contributed by atoms with van der Waals surface area (Å²) in [5.74, 6) is 0. The number of aryl methyl sites for hydroxylation is 1. The van der Waals surface area contributed by atoms with E-state index < -0.39 is 0 Å². The number of nitriles is 1. The number of benzene rings is 2. The Hall–Kier alpha value is -2.47. The van der Waals surface area contributed by atoms with Gasteiger partial charge in [-0.15, -0.1) is 0 Å². The molecule has 0 heterocycles. The molecule has 20 heavy (non-hydrogen) atoms. The lowest BCUT2D eigenvalue weighted by molar-refractivity contribution is 0.786. The fraction of sp³-hybridized carbons (Fsp3) is 0.235. The van der Waals surface area contributed by atoms with Gasteiger partial charge in [-0.3, -0.25) is 0 Å². The zero-order valence-electron chi connectivity index (χ0n) is 11.7. The number of nitrogens with zero attached hydrogens (tertiary/aromatic N) is 2. The van der Waals surface area contributed by atoms with E-state index in [-0.39, 0.29) is 0 Å². The number of nitrogens with two attached hydrogens (primary N) is 1. The average Bonchev–Trinajstić information content (AvgIpc) is 2.48. The van der Waals surface area contributed by atoms with E-state index in [1.54, 1.807) is 12.1 Å². The summed E-state index contributed by atoms with van der Waals surface area (Å²) >= 11 is 0. The van der Waals surface area contributed by atoms with E-state index in [1.807, 2.05) is 19.2 Å². The number of hydrogen-bond acceptors (Lipinski definition) is 3. The molecular weight excluding hydrogens is 246 g/mol. The van der Waals surface area contributed by atoms with Crippen LogP contribution in [0.5, 0.6) is 0 Å². The average molecular weight is 265 g/mol. The molecule has 0 amide bonds. The Bertz CT molecular complexity index is 599. The third-order valence-corrected chi connectivity index (χ3v) is 3.37. The molecule has 0 aliphatic carbocycles. The largest absolute Gasteiger partial charge is 0.397 e. The molecule has 102 valence electrons. The second kappa shape index (κ2) is 6.63. The summed E-state index contributed by atoms with van der Waals surface area (Å²) in [6.07, 6.45) is 2.10. The van der Waals surface area contributed by atoms with Gasteiger partial charge in [0.25, 0.3) is 0 Å². The molecule has 0 aliphatic rings. The van der Waals surface area contributed by atoms with Gasteiger partial charge in [0.2, 0.25) is 0 Å². The van der Waals surface area contributed by atoms with Crippen molar-refractivity contribution >= 4 is 11.4 Å². The van der Waals surface area contributed by atoms with Gasteiger partial charge in [-0.1, -0.05) is 30.3 Å². The summed E-state index contributed by atoms with van der Waals surface area (Å²) in [5, 5.41) is 8.95. The summed E-state index contributed by atoms with van der Waals surface area (Å²) in [6, 6.07) is 18.0. The van der Waals surface area contributed by atoms with Gasteiger partial charge in [-0.25, -0.2) is 0 Å². The summed E-state index contributed by atoms with van der Waals surface area (Å²) in [4.78, 5) is 2.11. The fourth-order valence-corrected chi connectivity index (χ4v) is 2.23. The molecule has 0 aromatic heterocycles. The van der Waals surface area contributed by atoms with Crippen molar-refractivity contribution in [3.63, 3.8) is 0 Å². The molecule has 2 N–H and O–H groups in total. The molecule has 2 rings (SSSR count). The molecular formula is C17H19N3. The molecule has 2 aromatic carbocycles. The standard InChI is InChI=1S/C17H19N3/c1-20(11-5-8-14-6-3-2-4-7-14)17-12-15(13-18)9-10-16(17)19/h2-4,6-7,9-10,12H,5,8,11,19H2,1H3. The van der Waals surface area contributed by atoms with Crippen LogP contribution in [0.25, 0.3) is 0 Å². The number of nitrogen functional groups attached to an aromatic ring is 1. The van der Waals surface area contributed by atoms with Gasteiger partial charge in [0.15, 0.2) is 0 Å². The van der Waals surface area contributed by atoms with E-state index in [1.165, 1.54) is 5.56 Å². The van der Waals surface area contributed by atoms with Crippen LogP contribution in [0.1, 0.15) is 17.5 Å². The summed E-state index contributed by atoms with van der Waals surface area (Å²) in [5.41, 5.74) is 9.61. The van der Waals surface area contributed by atoms with Crippen LogP contribution < -0.4 is 10.6 Å². The van der Waals surface area contributed by atoms with Crippen molar-refractivity contribution in [1.82, 2.24) is 0 Å². The molecule has 0 radical (unpaired) electrons. The minimum Gasteiger partial charge on any atom is -0.397 e. The molecule has 0 aliphatic heterocycles. The second-order valence-electron chi connectivity index (χ2n) is 4.90. The maximum atomic E-state index is 8.95. The summed E-state index contributed by atoms with van der Waals surface area (Å²) in [7, 11) is 2.01. The lowest BCUT2D eigenvalue weighted by Gasteiger charge is -2.21. The third-order valence-electron chi connectivity index (χ3n) is 3.37. The van der Waals surface area contributed by atoms with Gasteiger partial charge in [-0.2, -0.15) is 5.26 Å². The normalized spacial score (nSPS) is 10.0. The first kappa shape index (κ1) is 14.0. The van der Waals surface area contributed by atoms with E-state index in [0.29, 0.717) is 11.3 Å². The van der Waals surface area contributed by atoms with Crippen molar-refractivity contribution in [1.29, 1.82) is 5.26 Å². The second-order valence-corrected chi connectivity index (χ2v) is 4.90. The van der Waals surface area contributed by atoms with Gasteiger partial charge in [0.1, 0.15) is 0 Å². The third kappa shape index (κ3) is 3.52. The summed E-state index contributed by atoms with van der Waals surface area (Å²) in [6.45, 7) is 0.911. The Morgan fingerprint density at radius 1 is 1.15 bits per heavy atom. The Morgan fingerprint density at radius 3 is 2.60 bits per heavy atom. The smallest absolute Gasteiger partial charge is 0.0992 e. The van der Waals surface area contributed by atoms with E-state index >= 15 is 0 Å². The predicted octanol–water partition coefficient (Wildman–Crippen LogP) is 3.21. The quantitative estimate of drug-likeness (QED) is 0.845. The SMILES string of the molecule is CN(CCCc1ccccc1)c1cc(C#N)ccc1N. The molecule has 0 atom stereocenters. The van der Waals surface area contributed by atoms with Crippen molar-refractivity contribution in [2.24, 2.45) is 0 Å². The number of hydrogen-bond donors (Lipinski definition) is 1. The number of rotatable bonds is 5. The fourth-order valence-electron chi connectivity index (χ4n) is 2.23. The monoisotopic (exact) mass is 265 g/mol.